The Labute approximate surface area is 294 Å². The number of anilines is 1. The predicted molar refractivity (Wildman–Crippen MR) is 188 cm³/mol. The lowest BCUT2D eigenvalue weighted by molar-refractivity contribution is -0.163. The quantitative estimate of drug-likeness (QED) is 0.189. The Morgan fingerprint density at radius 1 is 1.12 bits per heavy atom. The molecule has 3 saturated heterocycles. The molecule has 11 heteroatoms. The van der Waals surface area contributed by atoms with E-state index < -0.39 is 47.7 Å². The van der Waals surface area contributed by atoms with Crippen molar-refractivity contribution in [3.05, 3.63) is 90.5 Å². The van der Waals surface area contributed by atoms with Crippen molar-refractivity contribution in [1.82, 2.24) is 10.2 Å². The number of para-hydroxylation sites is 1. The molecule has 0 unspecified atom stereocenters. The van der Waals surface area contributed by atoms with Gasteiger partial charge in [-0.3, -0.25) is 19.2 Å². The Balaban J connectivity index is 1.50. The summed E-state index contributed by atoms with van der Waals surface area (Å²) in [4.78, 5) is 59.7. The average Bonchev–Trinajstić information content (AvgIpc) is 3.75. The molecule has 2 aromatic rings. The number of carbonyl (C=O) groups is 4. The molecule has 50 heavy (non-hydrogen) atoms. The normalized spacial score (nSPS) is 24.7. The van der Waals surface area contributed by atoms with Gasteiger partial charge in [0.2, 0.25) is 11.8 Å². The number of aliphatic hydroxyl groups is 1. The van der Waals surface area contributed by atoms with Gasteiger partial charge in [-0.05, 0) is 56.2 Å². The number of benzene rings is 2. The summed E-state index contributed by atoms with van der Waals surface area (Å²) in [7, 11) is 1.50. The number of rotatable bonds is 17. The van der Waals surface area contributed by atoms with Crippen LogP contribution in [0.2, 0.25) is 0 Å². The van der Waals surface area contributed by atoms with Crippen LogP contribution in [0.3, 0.4) is 0 Å². The predicted octanol–water partition coefficient (Wildman–Crippen LogP) is 3.96. The second kappa shape index (κ2) is 16.1. The number of hydrogen-bond acceptors (Lipinski definition) is 8. The van der Waals surface area contributed by atoms with Gasteiger partial charge in [-0.25, -0.2) is 0 Å². The lowest BCUT2D eigenvalue weighted by Gasteiger charge is -2.37. The monoisotopic (exact) mass is 687 g/mol. The van der Waals surface area contributed by atoms with Crippen molar-refractivity contribution in [3.63, 3.8) is 0 Å². The van der Waals surface area contributed by atoms with Crippen molar-refractivity contribution < 1.29 is 38.5 Å². The van der Waals surface area contributed by atoms with Crippen LogP contribution >= 0.6 is 0 Å². The van der Waals surface area contributed by atoms with Crippen LogP contribution < -0.4 is 10.2 Å². The summed E-state index contributed by atoms with van der Waals surface area (Å²) in [6, 6.07) is 13.1. The van der Waals surface area contributed by atoms with Crippen molar-refractivity contribution in [2.75, 3.05) is 38.3 Å². The molecule has 268 valence electrons. The third-order valence-electron chi connectivity index (χ3n) is 10.2. The van der Waals surface area contributed by atoms with Crippen molar-refractivity contribution in [2.24, 2.45) is 11.8 Å². The number of carbonyl (C=O) groups excluding carboxylic acids is 4. The second-order valence-corrected chi connectivity index (χ2v) is 13.4. The van der Waals surface area contributed by atoms with Crippen LogP contribution in [0.4, 0.5) is 5.69 Å². The van der Waals surface area contributed by atoms with Gasteiger partial charge < -0.3 is 34.4 Å². The third kappa shape index (κ3) is 6.99. The number of nitrogens with one attached hydrogen (secondary N) is 1. The molecular formula is C39H49N3O8. The second-order valence-electron chi connectivity index (χ2n) is 13.4. The van der Waals surface area contributed by atoms with E-state index in [4.69, 9.17) is 14.2 Å². The van der Waals surface area contributed by atoms with E-state index >= 15 is 0 Å². The molecule has 3 amide bonds. The minimum atomic E-state index is -1.26. The molecule has 7 atom stereocenters. The Kier molecular flexibility index (Phi) is 11.9. The van der Waals surface area contributed by atoms with Gasteiger partial charge in [0.15, 0.2) is 0 Å². The fourth-order valence-corrected chi connectivity index (χ4v) is 8.11. The number of allylic oxidation sites excluding steroid dienone is 1. The molecule has 3 fully saturated rings. The number of amides is 3. The van der Waals surface area contributed by atoms with Crippen molar-refractivity contribution >= 4 is 29.4 Å². The number of likely N-dealkylation sites (tertiary alicyclic amines) is 1. The van der Waals surface area contributed by atoms with Gasteiger partial charge in [-0.2, -0.15) is 0 Å². The highest BCUT2D eigenvalue weighted by atomic mass is 16.6. The number of hydrogen-bond donors (Lipinski definition) is 2. The molecule has 0 aliphatic carbocycles. The van der Waals surface area contributed by atoms with Crippen molar-refractivity contribution in [1.29, 1.82) is 0 Å². The van der Waals surface area contributed by atoms with Gasteiger partial charge >= 0.3 is 5.97 Å². The van der Waals surface area contributed by atoms with Crippen LogP contribution in [0.1, 0.15) is 54.9 Å². The summed E-state index contributed by atoms with van der Waals surface area (Å²) in [5, 5.41) is 12.7. The molecule has 0 radical (unpaired) electrons. The first-order chi connectivity index (χ1) is 24.1. The highest BCUT2D eigenvalue weighted by Crippen LogP contribution is 2.59. The zero-order valence-corrected chi connectivity index (χ0v) is 29.2. The molecule has 0 aromatic heterocycles. The van der Waals surface area contributed by atoms with Crippen molar-refractivity contribution in [3.8, 4) is 0 Å². The van der Waals surface area contributed by atoms with Crippen LogP contribution in [0, 0.1) is 25.7 Å². The Morgan fingerprint density at radius 3 is 2.48 bits per heavy atom. The minimum absolute atomic E-state index is 0.0620. The van der Waals surface area contributed by atoms with Gasteiger partial charge in [-0.15, -0.1) is 13.2 Å². The topological polar surface area (TPSA) is 135 Å². The van der Waals surface area contributed by atoms with Crippen LogP contribution in [-0.2, 0) is 33.4 Å². The molecule has 3 aliphatic heterocycles. The van der Waals surface area contributed by atoms with E-state index in [9.17, 15) is 24.3 Å². The Morgan fingerprint density at radius 2 is 1.84 bits per heavy atom. The van der Waals surface area contributed by atoms with E-state index in [0.717, 1.165) is 16.8 Å². The van der Waals surface area contributed by atoms with Crippen LogP contribution in [-0.4, -0.2) is 90.9 Å². The van der Waals surface area contributed by atoms with Crippen LogP contribution in [0.15, 0.2) is 73.8 Å². The van der Waals surface area contributed by atoms with Gasteiger partial charge in [0, 0.05) is 38.9 Å². The molecule has 11 nitrogen and oxygen atoms in total. The zero-order chi connectivity index (χ0) is 36.0. The van der Waals surface area contributed by atoms with Crippen LogP contribution in [0.5, 0.6) is 0 Å². The molecule has 3 heterocycles. The summed E-state index contributed by atoms with van der Waals surface area (Å²) >= 11 is 0. The van der Waals surface area contributed by atoms with Crippen molar-refractivity contribution in [2.45, 2.75) is 75.8 Å². The Bertz CT molecular complexity index is 1560. The first kappa shape index (κ1) is 36.9. The number of aryl methyl sites for hydroxylation is 2. The molecule has 2 aromatic carbocycles. The van der Waals surface area contributed by atoms with E-state index in [1.165, 1.54) is 12.0 Å². The molecule has 2 N–H and O–H groups in total. The van der Waals surface area contributed by atoms with E-state index in [1.54, 1.807) is 17.1 Å². The maximum absolute atomic E-state index is 14.8. The molecule has 5 rings (SSSR count). The fourth-order valence-electron chi connectivity index (χ4n) is 8.11. The summed E-state index contributed by atoms with van der Waals surface area (Å²) < 4.78 is 18.4. The molecule has 3 aliphatic rings. The molecular weight excluding hydrogens is 638 g/mol. The maximum atomic E-state index is 14.8. The number of aliphatic hydroxyl groups excluding tert-OH is 1. The number of ether oxygens (including phenoxy) is 3. The third-order valence-corrected chi connectivity index (χ3v) is 10.2. The van der Waals surface area contributed by atoms with E-state index in [-0.39, 0.29) is 56.9 Å². The number of fused-ring (bicyclic) bond motifs is 1. The van der Waals surface area contributed by atoms with Gasteiger partial charge in [0.25, 0.3) is 5.91 Å². The molecule has 2 bridgehead atoms. The molecule has 0 saturated carbocycles. The highest BCUT2D eigenvalue weighted by molar-refractivity contribution is 6.05. The van der Waals surface area contributed by atoms with Crippen LogP contribution in [0.25, 0.3) is 0 Å². The Hall–Kier alpha value is -4.32. The average molecular weight is 688 g/mol. The lowest BCUT2D eigenvalue weighted by Crippen LogP contribution is -2.56. The standard InChI is InChI=1S/C39H49N3O8/c1-6-8-18-30(44)40-28(24-48-5)34(27-16-10-9-11-17-27)49-38(47)31-29-19-20-39(50-29)32(31)36(45)42(22-13-23-43)35(39)37(46)41(21-7-2)33-25(3)14-12-15-26(33)4/h6-7,9-12,14-17,28-29,31-32,34-35,43H,1-2,8,13,18-24H2,3-5H3,(H,40,44)/t28-,29+,31-,32-,34-,35+,39-/m0/s1. The lowest BCUT2D eigenvalue weighted by atomic mass is 9.70. The number of methoxy groups -OCH3 is 1. The van der Waals surface area contributed by atoms with E-state index in [1.807, 2.05) is 62.4 Å². The maximum Gasteiger partial charge on any atom is 0.313 e. The number of esters is 1. The van der Waals surface area contributed by atoms with Gasteiger partial charge in [-0.1, -0.05) is 60.7 Å². The summed E-state index contributed by atoms with van der Waals surface area (Å²) in [6.45, 7) is 11.7. The SMILES string of the molecule is C=CCCC(=O)N[C@@H](COC)[C@@H](OC(=O)[C@@H]1[C@H]2C(=O)N(CCCO)[C@H](C(=O)N(CC=C)c3c(C)cccc3C)[C@]23CC[C@H]1O3)c1ccccc1. The largest absolute Gasteiger partial charge is 0.455 e. The summed E-state index contributed by atoms with van der Waals surface area (Å²) in [5.41, 5.74) is 1.91. The summed E-state index contributed by atoms with van der Waals surface area (Å²) in [5.74, 6) is -3.53. The first-order valence-electron chi connectivity index (χ1n) is 17.4. The summed E-state index contributed by atoms with van der Waals surface area (Å²) in [6.07, 6.45) is 3.55. The van der Waals surface area contributed by atoms with E-state index in [2.05, 4.69) is 18.5 Å². The highest BCUT2D eigenvalue weighted by Gasteiger charge is 2.75. The van der Waals surface area contributed by atoms with E-state index in [0.29, 0.717) is 24.8 Å². The van der Waals surface area contributed by atoms with Gasteiger partial charge in [0.05, 0.1) is 30.6 Å². The number of nitrogens with zero attached hydrogens (tertiary/aromatic N) is 2. The zero-order valence-electron chi connectivity index (χ0n) is 29.2. The smallest absolute Gasteiger partial charge is 0.313 e. The fraction of sp³-hybridized carbons (Fsp3) is 0.487. The molecule has 1 spiro atoms. The minimum Gasteiger partial charge on any atom is -0.455 e. The van der Waals surface area contributed by atoms with Gasteiger partial charge in [0.1, 0.15) is 17.7 Å². The first-order valence-corrected chi connectivity index (χ1v) is 17.4.